The van der Waals surface area contributed by atoms with E-state index in [-0.39, 0.29) is 17.9 Å². The molecule has 5 atom stereocenters. The molecule has 12 heteroatoms. The van der Waals surface area contributed by atoms with Crippen LogP contribution in [0.25, 0.3) is 0 Å². The Balaban J connectivity index is 2.43. The van der Waals surface area contributed by atoms with E-state index in [1.807, 2.05) is 0 Å². The van der Waals surface area contributed by atoms with E-state index in [9.17, 15) is 24.0 Å². The minimum atomic E-state index is -1.29. The van der Waals surface area contributed by atoms with E-state index in [2.05, 4.69) is 5.32 Å². The lowest BCUT2D eigenvalue weighted by atomic mass is 9.96. The molecule has 12 nitrogen and oxygen atoms in total. The summed E-state index contributed by atoms with van der Waals surface area (Å²) in [6, 6.07) is 4.21. The number of ether oxygens (including phenoxy) is 5. The molecule has 2 rings (SSSR count). The van der Waals surface area contributed by atoms with Crippen molar-refractivity contribution in [2.24, 2.45) is 0 Å². The number of hydrogen-bond acceptors (Lipinski definition) is 10. The van der Waals surface area contributed by atoms with Gasteiger partial charge >= 0.3 is 23.9 Å². The fraction of sp³-hybridized carbons (Fsp3) is 0.476. The highest BCUT2D eigenvalue weighted by Crippen LogP contribution is 2.29. The van der Waals surface area contributed by atoms with Crippen LogP contribution in [0.1, 0.15) is 38.1 Å². The summed E-state index contributed by atoms with van der Waals surface area (Å²) in [4.78, 5) is 57.8. The van der Waals surface area contributed by atoms with Crippen LogP contribution in [0.2, 0.25) is 0 Å². The molecule has 1 heterocycles. The highest BCUT2D eigenvalue weighted by molar-refractivity contribution is 5.87. The molecular formula is C21H25NO11. The Morgan fingerprint density at radius 1 is 0.909 bits per heavy atom. The van der Waals surface area contributed by atoms with Crippen molar-refractivity contribution in [3.8, 4) is 5.75 Å². The zero-order chi connectivity index (χ0) is 24.7. The standard InChI is InChI=1S/C21H25NO11/c1-10(23)22-17-19(31-13(4)26)18(30-12(3)25)16(9-29-11(2)24)33-21(17)32-15-7-5-14(6-8-15)20(27)28/h5-8,16-19,21H,9H2,1-4H3,(H,22,23)(H,27,28)/t16-,17-,18+,19-,21-/m0/s1. The highest BCUT2D eigenvalue weighted by Gasteiger charge is 2.51. The van der Waals surface area contributed by atoms with Gasteiger partial charge in [-0.25, -0.2) is 4.79 Å². The number of rotatable bonds is 8. The fourth-order valence-electron chi connectivity index (χ4n) is 3.20. The second kappa shape index (κ2) is 11.3. The second-order valence-corrected chi connectivity index (χ2v) is 7.17. The third-order valence-corrected chi connectivity index (χ3v) is 4.42. The first-order valence-electron chi connectivity index (χ1n) is 9.88. The Kier molecular flexibility index (Phi) is 8.74. The van der Waals surface area contributed by atoms with Gasteiger partial charge in [0.1, 0.15) is 24.5 Å². The fourth-order valence-corrected chi connectivity index (χ4v) is 3.20. The van der Waals surface area contributed by atoms with Crippen molar-refractivity contribution in [1.29, 1.82) is 0 Å². The van der Waals surface area contributed by atoms with Crippen molar-refractivity contribution in [2.45, 2.75) is 58.3 Å². The molecule has 0 aromatic heterocycles. The summed E-state index contributed by atoms with van der Waals surface area (Å²) in [5.74, 6) is -3.55. The molecule has 2 N–H and O–H groups in total. The number of aromatic carboxylic acids is 1. The average Bonchev–Trinajstić information content (AvgIpc) is 2.70. The maximum absolute atomic E-state index is 11.9. The Morgan fingerprint density at radius 2 is 1.48 bits per heavy atom. The minimum absolute atomic E-state index is 0.0192. The molecule has 1 saturated heterocycles. The van der Waals surface area contributed by atoms with E-state index in [1.165, 1.54) is 38.1 Å². The second-order valence-electron chi connectivity index (χ2n) is 7.17. The van der Waals surface area contributed by atoms with Crippen LogP contribution in [-0.2, 0) is 38.1 Å². The Hall–Kier alpha value is -3.67. The van der Waals surface area contributed by atoms with E-state index < -0.39 is 60.4 Å². The van der Waals surface area contributed by atoms with Crippen LogP contribution >= 0.6 is 0 Å². The summed E-state index contributed by atoms with van der Waals surface area (Å²) >= 11 is 0. The maximum atomic E-state index is 11.9. The highest BCUT2D eigenvalue weighted by atomic mass is 16.7. The van der Waals surface area contributed by atoms with E-state index in [4.69, 9.17) is 28.8 Å². The molecular weight excluding hydrogens is 442 g/mol. The van der Waals surface area contributed by atoms with Crippen molar-refractivity contribution in [1.82, 2.24) is 5.32 Å². The molecule has 0 spiro atoms. The smallest absolute Gasteiger partial charge is 0.335 e. The molecule has 1 aromatic carbocycles. The van der Waals surface area contributed by atoms with Gasteiger partial charge in [-0.15, -0.1) is 0 Å². The average molecular weight is 467 g/mol. The van der Waals surface area contributed by atoms with Crippen molar-refractivity contribution in [2.75, 3.05) is 6.61 Å². The molecule has 1 fully saturated rings. The summed E-state index contributed by atoms with van der Waals surface area (Å²) in [6.45, 7) is 4.29. The van der Waals surface area contributed by atoms with Gasteiger partial charge in [0.15, 0.2) is 12.2 Å². The van der Waals surface area contributed by atoms with Gasteiger partial charge in [0.2, 0.25) is 12.2 Å². The summed E-state index contributed by atoms with van der Waals surface area (Å²) in [6.07, 6.45) is -4.90. The van der Waals surface area contributed by atoms with Gasteiger partial charge in [0.25, 0.3) is 0 Å². The predicted molar refractivity (Wildman–Crippen MR) is 108 cm³/mol. The van der Waals surface area contributed by atoms with E-state index in [0.717, 1.165) is 13.8 Å². The molecule has 0 unspecified atom stereocenters. The number of hydrogen-bond donors (Lipinski definition) is 2. The topological polar surface area (TPSA) is 164 Å². The van der Waals surface area contributed by atoms with Gasteiger partial charge < -0.3 is 34.1 Å². The number of benzene rings is 1. The molecule has 1 amide bonds. The number of esters is 3. The molecule has 180 valence electrons. The Bertz CT molecular complexity index is 898. The Labute approximate surface area is 189 Å². The number of carbonyl (C=O) groups excluding carboxylic acids is 4. The molecule has 33 heavy (non-hydrogen) atoms. The molecule has 1 aromatic rings. The first-order chi connectivity index (χ1) is 15.5. The molecule has 1 aliphatic heterocycles. The molecule has 1 aliphatic rings. The summed E-state index contributed by atoms with van der Waals surface area (Å²) in [5, 5.41) is 11.6. The lowest BCUT2D eigenvalue weighted by Gasteiger charge is -2.44. The Morgan fingerprint density at radius 3 is 1.97 bits per heavy atom. The van der Waals surface area contributed by atoms with Crippen LogP contribution in [0.4, 0.5) is 0 Å². The molecule has 0 radical (unpaired) electrons. The van der Waals surface area contributed by atoms with Gasteiger partial charge in [-0.1, -0.05) is 0 Å². The van der Waals surface area contributed by atoms with Crippen LogP contribution in [0, 0.1) is 0 Å². The van der Waals surface area contributed by atoms with E-state index in [1.54, 1.807) is 0 Å². The minimum Gasteiger partial charge on any atom is -0.478 e. The van der Waals surface area contributed by atoms with Crippen molar-refractivity contribution in [3.05, 3.63) is 29.8 Å². The third kappa shape index (κ3) is 7.45. The van der Waals surface area contributed by atoms with Gasteiger partial charge in [0.05, 0.1) is 5.56 Å². The largest absolute Gasteiger partial charge is 0.478 e. The number of nitrogens with one attached hydrogen (secondary N) is 1. The number of carbonyl (C=O) groups is 5. The van der Waals surface area contributed by atoms with Crippen LogP contribution in [-0.4, -0.2) is 72.1 Å². The van der Waals surface area contributed by atoms with Crippen molar-refractivity contribution < 1.29 is 52.8 Å². The quantitative estimate of drug-likeness (QED) is 0.402. The SMILES string of the molecule is CC(=O)N[C@@H]1[C@@H](Oc2ccc(C(=O)O)cc2)O[C@@H](COC(C)=O)[C@@H](OC(C)=O)[C@H]1OC(C)=O. The van der Waals surface area contributed by atoms with Crippen LogP contribution < -0.4 is 10.1 Å². The summed E-state index contributed by atoms with van der Waals surface area (Å²) in [7, 11) is 0. The summed E-state index contributed by atoms with van der Waals surface area (Å²) < 4.78 is 27.3. The van der Waals surface area contributed by atoms with Crippen molar-refractivity contribution >= 4 is 29.8 Å². The summed E-state index contributed by atoms with van der Waals surface area (Å²) in [5.41, 5.74) is 0.0192. The van der Waals surface area contributed by atoms with Crippen LogP contribution in [0.5, 0.6) is 5.75 Å². The van der Waals surface area contributed by atoms with E-state index >= 15 is 0 Å². The first kappa shape index (κ1) is 25.6. The molecule has 0 saturated carbocycles. The number of carboxylic acids is 1. The zero-order valence-electron chi connectivity index (χ0n) is 18.4. The van der Waals surface area contributed by atoms with Gasteiger partial charge in [-0.3, -0.25) is 19.2 Å². The lowest BCUT2D eigenvalue weighted by Crippen LogP contribution is -2.67. The van der Waals surface area contributed by atoms with Gasteiger partial charge in [-0.2, -0.15) is 0 Å². The lowest BCUT2D eigenvalue weighted by molar-refractivity contribution is -0.257. The first-order valence-corrected chi connectivity index (χ1v) is 9.88. The zero-order valence-corrected chi connectivity index (χ0v) is 18.4. The van der Waals surface area contributed by atoms with E-state index in [0.29, 0.717) is 0 Å². The monoisotopic (exact) mass is 467 g/mol. The normalized spacial score (nSPS) is 24.2. The predicted octanol–water partition coefficient (Wildman–Crippen LogP) is 0.420. The molecule has 0 bridgehead atoms. The van der Waals surface area contributed by atoms with Crippen LogP contribution in [0.3, 0.4) is 0 Å². The van der Waals surface area contributed by atoms with Crippen molar-refractivity contribution in [3.63, 3.8) is 0 Å². The maximum Gasteiger partial charge on any atom is 0.335 e. The van der Waals surface area contributed by atoms with Gasteiger partial charge in [0, 0.05) is 27.7 Å². The van der Waals surface area contributed by atoms with Crippen LogP contribution in [0.15, 0.2) is 24.3 Å². The third-order valence-electron chi connectivity index (χ3n) is 4.42. The molecule has 0 aliphatic carbocycles. The van der Waals surface area contributed by atoms with Gasteiger partial charge in [-0.05, 0) is 24.3 Å². The number of amides is 1. The number of carboxylic acid groups (broad SMARTS) is 1.